The Bertz CT molecular complexity index is 1290. The number of benzene rings is 2. The number of para-hydroxylation sites is 1. The molecule has 1 N–H and O–H groups in total. The number of esters is 1. The molecule has 3 rings (SSSR count). The van der Waals surface area contributed by atoms with Crippen LogP contribution >= 0.6 is 0 Å². The Hall–Kier alpha value is -3.17. The van der Waals surface area contributed by atoms with Crippen LogP contribution in [0, 0.1) is 6.92 Å². The topological polar surface area (TPSA) is 106 Å². The fourth-order valence-electron chi connectivity index (χ4n) is 3.79. The number of aromatic amines is 1. The molecule has 0 spiro atoms. The van der Waals surface area contributed by atoms with Gasteiger partial charge in [-0.2, -0.15) is 4.31 Å². The number of fused-ring (bicyclic) bond motifs is 1. The first-order valence-corrected chi connectivity index (χ1v) is 12.1. The van der Waals surface area contributed by atoms with Gasteiger partial charge in [0, 0.05) is 35.2 Å². The van der Waals surface area contributed by atoms with Crippen molar-refractivity contribution in [3.05, 3.63) is 59.3 Å². The summed E-state index contributed by atoms with van der Waals surface area (Å²) >= 11 is 0. The summed E-state index contributed by atoms with van der Waals surface area (Å²) < 4.78 is 38.0. The largest absolute Gasteiger partial charge is 0.495 e. The van der Waals surface area contributed by atoms with Crippen LogP contribution in [0.4, 0.5) is 0 Å². The van der Waals surface area contributed by atoms with E-state index < -0.39 is 22.1 Å². The molecule has 0 aliphatic carbocycles. The van der Waals surface area contributed by atoms with Crippen molar-refractivity contribution in [3.63, 3.8) is 0 Å². The second-order valence-electron chi connectivity index (χ2n) is 7.54. The maximum atomic E-state index is 13.1. The van der Waals surface area contributed by atoms with E-state index >= 15 is 0 Å². The highest BCUT2D eigenvalue weighted by Gasteiger charge is 2.29. The van der Waals surface area contributed by atoms with Crippen molar-refractivity contribution in [1.29, 1.82) is 0 Å². The van der Waals surface area contributed by atoms with Gasteiger partial charge in [0.05, 0.1) is 12.7 Å². The lowest BCUT2D eigenvalue weighted by Crippen LogP contribution is -2.31. The van der Waals surface area contributed by atoms with Crippen LogP contribution in [0.25, 0.3) is 10.9 Å². The minimum Gasteiger partial charge on any atom is -0.495 e. The number of aryl methyl sites for hydroxylation is 1. The van der Waals surface area contributed by atoms with Crippen molar-refractivity contribution in [2.45, 2.75) is 38.7 Å². The van der Waals surface area contributed by atoms with Crippen LogP contribution in [-0.4, -0.2) is 55.8 Å². The molecule has 9 heteroatoms. The quantitative estimate of drug-likeness (QED) is 0.373. The molecular weight excluding hydrogens is 444 g/mol. The van der Waals surface area contributed by atoms with Crippen molar-refractivity contribution >= 4 is 32.7 Å². The van der Waals surface area contributed by atoms with Crippen LogP contribution in [-0.2, 0) is 14.8 Å². The number of carbonyl (C=O) groups excluding carboxylic acids is 2. The van der Waals surface area contributed by atoms with Gasteiger partial charge in [0.2, 0.25) is 15.8 Å². The Kier molecular flexibility index (Phi) is 7.24. The van der Waals surface area contributed by atoms with E-state index in [1.165, 1.54) is 36.5 Å². The Labute approximate surface area is 193 Å². The number of sulfonamides is 1. The summed E-state index contributed by atoms with van der Waals surface area (Å²) in [5, 5.41) is 0.750. The van der Waals surface area contributed by atoms with E-state index in [-0.39, 0.29) is 35.1 Å². The Balaban J connectivity index is 1.90. The zero-order valence-electron chi connectivity index (χ0n) is 19.3. The number of hydrogen-bond acceptors (Lipinski definition) is 6. The minimum atomic E-state index is -3.88. The van der Waals surface area contributed by atoms with E-state index in [0.717, 1.165) is 10.9 Å². The van der Waals surface area contributed by atoms with Crippen LogP contribution in [0.15, 0.2) is 47.4 Å². The zero-order chi connectivity index (χ0) is 24.3. The molecular formula is C24H28N2O6S. The molecule has 0 bridgehead atoms. The molecule has 1 atom stereocenters. The Morgan fingerprint density at radius 1 is 1.09 bits per heavy atom. The lowest BCUT2D eigenvalue weighted by atomic mass is 10.0. The molecule has 33 heavy (non-hydrogen) atoms. The monoisotopic (exact) mass is 472 g/mol. The highest BCUT2D eigenvalue weighted by Crippen LogP contribution is 2.29. The van der Waals surface area contributed by atoms with Gasteiger partial charge in [-0.1, -0.05) is 32.0 Å². The average Bonchev–Trinajstić information content (AvgIpc) is 3.14. The maximum Gasteiger partial charge on any atom is 0.338 e. The van der Waals surface area contributed by atoms with Gasteiger partial charge in [0.25, 0.3) is 0 Å². The van der Waals surface area contributed by atoms with Gasteiger partial charge >= 0.3 is 5.97 Å². The number of aromatic nitrogens is 1. The summed E-state index contributed by atoms with van der Waals surface area (Å²) in [6, 6.07) is 11.4. The lowest BCUT2D eigenvalue weighted by Gasteiger charge is -2.20. The van der Waals surface area contributed by atoms with E-state index in [9.17, 15) is 18.0 Å². The van der Waals surface area contributed by atoms with Gasteiger partial charge in [-0.05, 0) is 38.1 Å². The van der Waals surface area contributed by atoms with Crippen LogP contribution in [0.5, 0.6) is 5.75 Å². The highest BCUT2D eigenvalue weighted by molar-refractivity contribution is 7.89. The van der Waals surface area contributed by atoms with Crippen LogP contribution in [0.3, 0.4) is 0 Å². The third-order valence-corrected chi connectivity index (χ3v) is 7.59. The third-order valence-electron chi connectivity index (χ3n) is 5.52. The first-order chi connectivity index (χ1) is 15.6. The summed E-state index contributed by atoms with van der Waals surface area (Å²) in [6.45, 7) is 7.28. The minimum absolute atomic E-state index is 0.0110. The number of rotatable bonds is 9. The predicted octanol–water partition coefficient (Wildman–Crippen LogP) is 3.94. The molecule has 176 valence electrons. The van der Waals surface area contributed by atoms with Gasteiger partial charge in [0.1, 0.15) is 10.6 Å². The van der Waals surface area contributed by atoms with Crippen molar-refractivity contribution in [2.24, 2.45) is 0 Å². The molecule has 0 radical (unpaired) electrons. The predicted molar refractivity (Wildman–Crippen MR) is 125 cm³/mol. The van der Waals surface area contributed by atoms with Crippen molar-refractivity contribution in [1.82, 2.24) is 9.29 Å². The van der Waals surface area contributed by atoms with Gasteiger partial charge in [0.15, 0.2) is 6.10 Å². The average molecular weight is 473 g/mol. The highest BCUT2D eigenvalue weighted by atomic mass is 32.2. The fourth-order valence-corrected chi connectivity index (χ4v) is 5.43. The number of ether oxygens (including phenoxy) is 2. The molecule has 0 saturated heterocycles. The summed E-state index contributed by atoms with van der Waals surface area (Å²) in [5.74, 6) is -1.02. The Morgan fingerprint density at radius 2 is 1.76 bits per heavy atom. The zero-order valence-corrected chi connectivity index (χ0v) is 20.2. The van der Waals surface area contributed by atoms with Crippen LogP contribution < -0.4 is 4.74 Å². The number of nitrogens with one attached hydrogen (secondary N) is 1. The molecule has 2 aromatic carbocycles. The van der Waals surface area contributed by atoms with E-state index in [1.807, 2.05) is 24.3 Å². The van der Waals surface area contributed by atoms with E-state index in [1.54, 1.807) is 20.8 Å². The molecule has 0 fully saturated rings. The number of Topliss-reactive ketones (excluding diaryl/α,β-unsaturated/α-hetero) is 1. The fraction of sp³-hybridized carbons (Fsp3) is 0.333. The second kappa shape index (κ2) is 9.76. The molecule has 0 aliphatic heterocycles. The molecule has 1 unspecified atom stereocenters. The number of hydrogen-bond donors (Lipinski definition) is 1. The van der Waals surface area contributed by atoms with Crippen molar-refractivity contribution in [3.8, 4) is 5.75 Å². The van der Waals surface area contributed by atoms with E-state index in [4.69, 9.17) is 9.47 Å². The van der Waals surface area contributed by atoms with Gasteiger partial charge in [-0.3, -0.25) is 4.79 Å². The van der Waals surface area contributed by atoms with Gasteiger partial charge in [-0.15, -0.1) is 0 Å². The van der Waals surface area contributed by atoms with E-state index in [0.29, 0.717) is 11.3 Å². The SMILES string of the molecule is CCN(CC)S(=O)(=O)c1cc(C(=O)OC(C)C(=O)c2c(C)[nH]c3ccccc23)ccc1OC. The Morgan fingerprint density at radius 3 is 2.39 bits per heavy atom. The summed E-state index contributed by atoms with van der Waals surface area (Å²) in [5.41, 5.74) is 1.97. The lowest BCUT2D eigenvalue weighted by molar-refractivity contribution is 0.0319. The van der Waals surface area contributed by atoms with Crippen LogP contribution in [0.1, 0.15) is 47.2 Å². The molecule has 1 heterocycles. The van der Waals surface area contributed by atoms with E-state index in [2.05, 4.69) is 4.98 Å². The molecule has 0 saturated carbocycles. The molecule has 3 aromatic rings. The summed E-state index contributed by atoms with van der Waals surface area (Å²) in [4.78, 5) is 28.9. The van der Waals surface area contributed by atoms with Crippen molar-refractivity contribution < 1.29 is 27.5 Å². The molecule has 0 aliphatic rings. The summed E-state index contributed by atoms with van der Waals surface area (Å²) in [7, 11) is -2.52. The normalized spacial score (nSPS) is 12.7. The van der Waals surface area contributed by atoms with Gasteiger partial charge in [-0.25, -0.2) is 13.2 Å². The van der Waals surface area contributed by atoms with Crippen LogP contribution in [0.2, 0.25) is 0 Å². The number of ketones is 1. The number of H-pyrrole nitrogens is 1. The molecule has 1 aromatic heterocycles. The molecule has 8 nitrogen and oxygen atoms in total. The standard InChI is InChI=1S/C24H28N2O6S/c1-6-26(7-2)33(29,30)21-14-17(12-13-20(21)31-5)24(28)32-16(4)23(27)22-15(3)25-19-11-9-8-10-18(19)22/h8-14,16,25H,6-7H2,1-5H3. The summed E-state index contributed by atoms with van der Waals surface area (Å²) in [6.07, 6.45) is -1.07. The first-order valence-electron chi connectivity index (χ1n) is 10.7. The number of methoxy groups -OCH3 is 1. The third kappa shape index (κ3) is 4.65. The first kappa shape index (κ1) is 24.5. The molecule has 0 amide bonds. The maximum absolute atomic E-state index is 13.1. The number of carbonyl (C=O) groups is 2. The smallest absolute Gasteiger partial charge is 0.338 e. The van der Waals surface area contributed by atoms with Crippen molar-refractivity contribution in [2.75, 3.05) is 20.2 Å². The number of nitrogens with zero attached hydrogens (tertiary/aromatic N) is 1. The second-order valence-corrected chi connectivity index (χ2v) is 9.44. The van der Waals surface area contributed by atoms with Gasteiger partial charge < -0.3 is 14.5 Å².